The minimum Gasteiger partial charge on any atom is -0.496 e. The van der Waals surface area contributed by atoms with Crippen LogP contribution in [0.15, 0.2) is 42.0 Å². The maximum atomic E-state index is 5.39. The van der Waals surface area contributed by atoms with Gasteiger partial charge in [-0.2, -0.15) is 4.98 Å². The molecule has 2 N–H and O–H groups in total. The largest absolute Gasteiger partial charge is 0.496 e. The summed E-state index contributed by atoms with van der Waals surface area (Å²) in [6.45, 7) is 3.53. The molecular formula is C21H28N4O. The van der Waals surface area contributed by atoms with Gasteiger partial charge in [-0.3, -0.25) is 0 Å². The molecule has 0 aliphatic heterocycles. The molecule has 0 radical (unpaired) electrons. The lowest BCUT2D eigenvalue weighted by atomic mass is 9.97. The van der Waals surface area contributed by atoms with Crippen LogP contribution < -0.4 is 15.4 Å². The zero-order chi connectivity index (χ0) is 18.2. The number of ether oxygens (including phenoxy) is 1. The molecule has 0 bridgehead atoms. The van der Waals surface area contributed by atoms with Crippen molar-refractivity contribution in [3.05, 3.63) is 53.2 Å². The van der Waals surface area contributed by atoms with Gasteiger partial charge in [0.25, 0.3) is 0 Å². The van der Waals surface area contributed by atoms with E-state index in [4.69, 9.17) is 4.74 Å². The number of methoxy groups -OCH3 is 1. The summed E-state index contributed by atoms with van der Waals surface area (Å²) in [5.41, 5.74) is 3.60. The van der Waals surface area contributed by atoms with Gasteiger partial charge >= 0.3 is 0 Å². The Morgan fingerprint density at radius 1 is 1.12 bits per heavy atom. The van der Waals surface area contributed by atoms with Gasteiger partial charge in [-0.25, -0.2) is 4.98 Å². The van der Waals surface area contributed by atoms with Gasteiger partial charge in [0.1, 0.15) is 11.6 Å². The standard InChI is InChI=1S/C21H28N4O/c1-16-14-20(22-13-12-17-8-4-3-5-9-17)25-21(24-16)23-15-18-10-6-7-11-19(18)26-2/h6-8,10-11,14H,3-5,9,12-13,15H2,1-2H3,(H2,22,23,24,25). The molecule has 5 heteroatoms. The number of allylic oxidation sites excluding steroid dienone is 1. The summed E-state index contributed by atoms with van der Waals surface area (Å²) in [6.07, 6.45) is 8.64. The third-order valence-corrected chi connectivity index (χ3v) is 4.62. The molecule has 0 fully saturated rings. The molecule has 0 saturated heterocycles. The highest BCUT2D eigenvalue weighted by molar-refractivity contribution is 5.43. The second-order valence-corrected chi connectivity index (χ2v) is 6.67. The van der Waals surface area contributed by atoms with E-state index in [0.717, 1.165) is 35.8 Å². The van der Waals surface area contributed by atoms with Crippen LogP contribution in [0.25, 0.3) is 0 Å². The summed E-state index contributed by atoms with van der Waals surface area (Å²) < 4.78 is 5.39. The lowest BCUT2D eigenvalue weighted by molar-refractivity contribution is 0.410. The molecule has 2 aromatic rings. The van der Waals surface area contributed by atoms with Crippen LogP contribution in [0.5, 0.6) is 5.75 Å². The summed E-state index contributed by atoms with van der Waals surface area (Å²) >= 11 is 0. The van der Waals surface area contributed by atoms with Crippen molar-refractivity contribution in [3.63, 3.8) is 0 Å². The molecule has 1 heterocycles. The first kappa shape index (κ1) is 18.2. The average Bonchev–Trinajstić information content (AvgIpc) is 2.67. The highest BCUT2D eigenvalue weighted by atomic mass is 16.5. The van der Waals surface area contributed by atoms with Crippen LogP contribution in [0.4, 0.5) is 11.8 Å². The van der Waals surface area contributed by atoms with Crippen molar-refractivity contribution in [1.82, 2.24) is 9.97 Å². The second-order valence-electron chi connectivity index (χ2n) is 6.67. The molecule has 1 aliphatic carbocycles. The average molecular weight is 352 g/mol. The molecule has 3 rings (SSSR count). The van der Waals surface area contributed by atoms with Crippen LogP contribution in [0.1, 0.15) is 43.4 Å². The molecule has 138 valence electrons. The Hall–Kier alpha value is -2.56. The zero-order valence-corrected chi connectivity index (χ0v) is 15.7. The Balaban J connectivity index is 1.57. The van der Waals surface area contributed by atoms with Crippen LogP contribution in [0, 0.1) is 6.92 Å². The summed E-state index contributed by atoms with van der Waals surface area (Å²) in [5.74, 6) is 2.37. The van der Waals surface area contributed by atoms with Crippen LogP contribution >= 0.6 is 0 Å². The first-order valence-corrected chi connectivity index (χ1v) is 9.38. The fourth-order valence-electron chi connectivity index (χ4n) is 3.24. The summed E-state index contributed by atoms with van der Waals surface area (Å²) in [7, 11) is 1.69. The number of aryl methyl sites for hydroxylation is 1. The van der Waals surface area contributed by atoms with Gasteiger partial charge in [-0.1, -0.05) is 29.8 Å². The minimum atomic E-state index is 0.625. The van der Waals surface area contributed by atoms with Gasteiger partial charge in [0.15, 0.2) is 0 Å². The first-order chi connectivity index (χ1) is 12.7. The Labute approximate surface area is 155 Å². The second kappa shape index (κ2) is 9.22. The molecule has 0 unspecified atom stereocenters. The molecule has 1 aliphatic rings. The number of aromatic nitrogens is 2. The van der Waals surface area contributed by atoms with E-state index in [9.17, 15) is 0 Å². The number of para-hydroxylation sites is 1. The van der Waals surface area contributed by atoms with E-state index in [0.29, 0.717) is 12.5 Å². The lowest BCUT2D eigenvalue weighted by Gasteiger charge is -2.14. The van der Waals surface area contributed by atoms with Crippen molar-refractivity contribution in [2.75, 3.05) is 24.3 Å². The van der Waals surface area contributed by atoms with Gasteiger partial charge in [0, 0.05) is 30.4 Å². The monoisotopic (exact) mass is 352 g/mol. The number of nitrogens with one attached hydrogen (secondary N) is 2. The SMILES string of the molecule is COc1ccccc1CNc1nc(C)cc(NCCC2=CCCCC2)n1. The molecule has 1 aromatic heterocycles. The predicted octanol–water partition coefficient (Wildman–Crippen LogP) is 4.71. The molecule has 26 heavy (non-hydrogen) atoms. The summed E-state index contributed by atoms with van der Waals surface area (Å²) in [5, 5.41) is 6.74. The summed E-state index contributed by atoms with van der Waals surface area (Å²) in [4.78, 5) is 9.08. The Morgan fingerprint density at radius 3 is 2.81 bits per heavy atom. The van der Waals surface area contributed by atoms with Crippen molar-refractivity contribution < 1.29 is 4.74 Å². The maximum Gasteiger partial charge on any atom is 0.225 e. The van der Waals surface area contributed by atoms with Crippen molar-refractivity contribution in [2.24, 2.45) is 0 Å². The Kier molecular flexibility index (Phi) is 6.47. The number of nitrogens with zero attached hydrogens (tertiary/aromatic N) is 2. The van der Waals surface area contributed by atoms with Crippen molar-refractivity contribution >= 4 is 11.8 Å². The number of hydrogen-bond acceptors (Lipinski definition) is 5. The summed E-state index contributed by atoms with van der Waals surface area (Å²) in [6, 6.07) is 9.96. The van der Waals surface area contributed by atoms with Gasteiger partial charge in [0.05, 0.1) is 7.11 Å². The zero-order valence-electron chi connectivity index (χ0n) is 15.7. The molecule has 1 aromatic carbocycles. The van der Waals surface area contributed by atoms with E-state index in [1.807, 2.05) is 37.3 Å². The minimum absolute atomic E-state index is 0.625. The van der Waals surface area contributed by atoms with Gasteiger partial charge < -0.3 is 15.4 Å². The maximum absolute atomic E-state index is 5.39. The quantitative estimate of drug-likeness (QED) is 0.674. The fourth-order valence-corrected chi connectivity index (χ4v) is 3.24. The predicted molar refractivity (Wildman–Crippen MR) is 107 cm³/mol. The topological polar surface area (TPSA) is 59.1 Å². The highest BCUT2D eigenvalue weighted by Gasteiger charge is 2.06. The molecule has 0 amide bonds. The Bertz CT molecular complexity index is 757. The number of anilines is 2. The molecule has 0 atom stereocenters. The number of rotatable bonds is 8. The van der Waals surface area contributed by atoms with E-state index >= 15 is 0 Å². The van der Waals surface area contributed by atoms with E-state index in [2.05, 4.69) is 26.7 Å². The Morgan fingerprint density at radius 2 is 2.00 bits per heavy atom. The van der Waals surface area contributed by atoms with E-state index < -0.39 is 0 Å². The number of hydrogen-bond donors (Lipinski definition) is 2. The van der Waals surface area contributed by atoms with Crippen LogP contribution in [-0.2, 0) is 6.54 Å². The smallest absolute Gasteiger partial charge is 0.225 e. The normalized spacial score (nSPS) is 13.8. The highest BCUT2D eigenvalue weighted by Crippen LogP contribution is 2.21. The molecule has 5 nitrogen and oxygen atoms in total. The van der Waals surface area contributed by atoms with E-state index in [1.54, 1.807) is 12.7 Å². The third-order valence-electron chi connectivity index (χ3n) is 4.62. The van der Waals surface area contributed by atoms with Crippen LogP contribution in [-0.4, -0.2) is 23.6 Å². The molecular weight excluding hydrogens is 324 g/mol. The lowest BCUT2D eigenvalue weighted by Crippen LogP contribution is -2.10. The third kappa shape index (κ3) is 5.22. The molecule has 0 saturated carbocycles. The van der Waals surface area contributed by atoms with Gasteiger partial charge in [-0.15, -0.1) is 0 Å². The van der Waals surface area contributed by atoms with Crippen LogP contribution in [0.3, 0.4) is 0 Å². The van der Waals surface area contributed by atoms with Crippen molar-refractivity contribution in [1.29, 1.82) is 0 Å². The van der Waals surface area contributed by atoms with Crippen molar-refractivity contribution in [3.8, 4) is 5.75 Å². The fraction of sp³-hybridized carbons (Fsp3) is 0.429. The number of benzene rings is 1. The van der Waals surface area contributed by atoms with E-state index in [1.165, 1.54) is 25.7 Å². The van der Waals surface area contributed by atoms with Crippen molar-refractivity contribution in [2.45, 2.75) is 45.6 Å². The van der Waals surface area contributed by atoms with E-state index in [-0.39, 0.29) is 0 Å². The first-order valence-electron chi connectivity index (χ1n) is 9.38. The molecule has 0 spiro atoms. The van der Waals surface area contributed by atoms with Crippen LogP contribution in [0.2, 0.25) is 0 Å². The van der Waals surface area contributed by atoms with Gasteiger partial charge in [0.2, 0.25) is 5.95 Å². The van der Waals surface area contributed by atoms with Gasteiger partial charge in [-0.05, 0) is 45.1 Å².